The maximum atomic E-state index is 12.9. The fraction of sp³-hybridized carbons (Fsp3) is 0.450. The monoisotopic (exact) mass is 440 g/mol. The number of benzene rings is 1. The van der Waals surface area contributed by atoms with Gasteiger partial charge in [-0.25, -0.2) is 4.98 Å². The lowest BCUT2D eigenvalue weighted by atomic mass is 10.1. The zero-order chi connectivity index (χ0) is 22.8. The van der Waals surface area contributed by atoms with E-state index in [4.69, 9.17) is 9.47 Å². The highest BCUT2D eigenvalue weighted by molar-refractivity contribution is 6.01. The van der Waals surface area contributed by atoms with Crippen LogP contribution in [0, 0.1) is 5.92 Å². The van der Waals surface area contributed by atoms with Gasteiger partial charge in [0, 0.05) is 38.5 Å². The fourth-order valence-corrected chi connectivity index (χ4v) is 3.54. The third-order valence-electron chi connectivity index (χ3n) is 5.06. The van der Waals surface area contributed by atoms with Crippen molar-refractivity contribution < 1.29 is 32.2 Å². The number of amides is 2. The molecule has 2 heterocycles. The van der Waals surface area contributed by atoms with Crippen LogP contribution in [-0.2, 0) is 22.7 Å². The molecule has 2 aromatic rings. The topological polar surface area (TPSA) is 76.9 Å². The van der Waals surface area contributed by atoms with Gasteiger partial charge in [-0.3, -0.25) is 9.59 Å². The number of methoxy groups -OCH3 is 2. The van der Waals surface area contributed by atoms with Gasteiger partial charge in [-0.15, -0.1) is 0 Å². The number of hydrogen-bond acceptors (Lipinski definition) is 5. The molecule has 8 nitrogen and oxygen atoms in total. The van der Waals surface area contributed by atoms with Gasteiger partial charge in [0.15, 0.2) is 0 Å². The van der Waals surface area contributed by atoms with Crippen LogP contribution in [0.5, 0.6) is 11.5 Å². The highest BCUT2D eigenvalue weighted by atomic mass is 19.4. The summed E-state index contributed by atoms with van der Waals surface area (Å²) in [6, 6.07) is 5.02. The molecule has 1 aliphatic heterocycles. The highest BCUT2D eigenvalue weighted by Crippen LogP contribution is 2.36. The molecule has 1 aliphatic rings. The number of carbonyl (C=O) groups excluding carboxylic acids is 2. The molecule has 0 N–H and O–H groups in total. The lowest BCUT2D eigenvalue weighted by Gasteiger charge is -2.23. The van der Waals surface area contributed by atoms with Crippen molar-refractivity contribution in [1.29, 1.82) is 0 Å². The minimum Gasteiger partial charge on any atom is -0.497 e. The number of carbonyl (C=O) groups is 2. The second-order valence-electron chi connectivity index (χ2n) is 7.22. The second-order valence-corrected chi connectivity index (χ2v) is 7.22. The predicted octanol–water partition coefficient (Wildman–Crippen LogP) is 2.47. The van der Waals surface area contributed by atoms with Crippen LogP contribution in [0.15, 0.2) is 30.6 Å². The minimum atomic E-state index is -4.40. The van der Waals surface area contributed by atoms with Crippen molar-refractivity contribution in [2.24, 2.45) is 5.92 Å². The molecule has 1 aromatic carbocycles. The molecule has 0 aliphatic carbocycles. The summed E-state index contributed by atoms with van der Waals surface area (Å²) in [4.78, 5) is 32.2. The SMILES string of the molecule is COc1ccc(OC)c(N2CC(C(=O)N(C)Cc3nccn3CC(F)(F)F)CC2=O)c1. The molecule has 1 fully saturated rings. The standard InChI is InChI=1S/C20H23F3N4O4/c1-25(11-17-24-6-7-26(17)12-20(21,22)23)19(29)13-8-18(28)27(10-13)15-9-14(30-2)4-5-16(15)31-3/h4-7,9,13H,8,10-12H2,1-3H3. The van der Waals surface area contributed by atoms with Gasteiger partial charge in [-0.1, -0.05) is 0 Å². The Kier molecular flexibility index (Phi) is 6.42. The Morgan fingerprint density at radius 2 is 2.03 bits per heavy atom. The van der Waals surface area contributed by atoms with E-state index in [2.05, 4.69) is 4.98 Å². The molecule has 1 saturated heterocycles. The van der Waals surface area contributed by atoms with E-state index in [9.17, 15) is 22.8 Å². The summed E-state index contributed by atoms with van der Waals surface area (Å²) in [6.45, 7) is -1.16. The number of ether oxygens (including phenoxy) is 2. The van der Waals surface area contributed by atoms with Crippen LogP contribution in [0.3, 0.4) is 0 Å². The van der Waals surface area contributed by atoms with Crippen molar-refractivity contribution in [1.82, 2.24) is 14.5 Å². The Hall–Kier alpha value is -3.24. The summed E-state index contributed by atoms with van der Waals surface area (Å²) in [5, 5.41) is 0. The summed E-state index contributed by atoms with van der Waals surface area (Å²) < 4.78 is 49.6. The maximum absolute atomic E-state index is 12.9. The number of alkyl halides is 3. The van der Waals surface area contributed by atoms with E-state index in [-0.39, 0.29) is 37.1 Å². The molecule has 0 saturated carbocycles. The average Bonchev–Trinajstić information content (AvgIpc) is 3.31. The van der Waals surface area contributed by atoms with Crippen molar-refractivity contribution in [2.75, 3.05) is 32.7 Å². The first-order valence-electron chi connectivity index (χ1n) is 9.47. The molecule has 168 valence electrons. The zero-order valence-electron chi connectivity index (χ0n) is 17.3. The number of anilines is 1. The van der Waals surface area contributed by atoms with E-state index in [1.165, 1.54) is 43.5 Å². The normalized spacial score (nSPS) is 16.5. The van der Waals surface area contributed by atoms with Crippen LogP contribution in [0.4, 0.5) is 18.9 Å². The minimum absolute atomic E-state index is 0.0134. The quantitative estimate of drug-likeness (QED) is 0.661. The van der Waals surface area contributed by atoms with Crippen LogP contribution in [0.25, 0.3) is 0 Å². The maximum Gasteiger partial charge on any atom is 0.406 e. The molecule has 1 atom stereocenters. The Morgan fingerprint density at radius 1 is 1.29 bits per heavy atom. The van der Waals surface area contributed by atoms with Gasteiger partial charge in [0.1, 0.15) is 23.9 Å². The van der Waals surface area contributed by atoms with E-state index in [0.717, 1.165) is 4.57 Å². The summed E-state index contributed by atoms with van der Waals surface area (Å²) >= 11 is 0. The lowest BCUT2D eigenvalue weighted by molar-refractivity contribution is -0.141. The Morgan fingerprint density at radius 3 is 2.68 bits per heavy atom. The van der Waals surface area contributed by atoms with Gasteiger partial charge in [0.05, 0.1) is 32.4 Å². The third kappa shape index (κ3) is 5.09. The molecule has 3 rings (SSSR count). The first kappa shape index (κ1) is 22.4. The molecule has 0 spiro atoms. The van der Waals surface area contributed by atoms with E-state index < -0.39 is 18.6 Å². The fourth-order valence-electron chi connectivity index (χ4n) is 3.54. The van der Waals surface area contributed by atoms with Crippen molar-refractivity contribution in [3.8, 4) is 11.5 Å². The molecular formula is C20H23F3N4O4. The molecule has 0 bridgehead atoms. The van der Waals surface area contributed by atoms with Gasteiger partial charge in [0.25, 0.3) is 0 Å². The van der Waals surface area contributed by atoms with E-state index in [1.54, 1.807) is 18.2 Å². The molecule has 0 radical (unpaired) electrons. The molecular weight excluding hydrogens is 417 g/mol. The number of rotatable bonds is 7. The molecule has 1 unspecified atom stereocenters. The molecule has 11 heteroatoms. The Balaban J connectivity index is 1.72. The summed E-state index contributed by atoms with van der Waals surface area (Å²) in [5.41, 5.74) is 0.491. The molecule has 31 heavy (non-hydrogen) atoms. The van der Waals surface area contributed by atoms with Crippen molar-refractivity contribution in [2.45, 2.75) is 25.7 Å². The summed E-state index contributed by atoms with van der Waals surface area (Å²) in [5.74, 6) is -0.129. The first-order valence-corrected chi connectivity index (χ1v) is 9.47. The number of imidazole rings is 1. The van der Waals surface area contributed by atoms with Crippen LogP contribution in [0.2, 0.25) is 0 Å². The van der Waals surface area contributed by atoms with Gasteiger partial charge >= 0.3 is 6.18 Å². The average molecular weight is 440 g/mol. The third-order valence-corrected chi connectivity index (χ3v) is 5.06. The van der Waals surface area contributed by atoms with Crippen LogP contribution >= 0.6 is 0 Å². The van der Waals surface area contributed by atoms with Gasteiger partial charge in [0.2, 0.25) is 11.8 Å². The number of hydrogen-bond donors (Lipinski definition) is 0. The first-order chi connectivity index (χ1) is 14.6. The summed E-state index contributed by atoms with van der Waals surface area (Å²) in [6.07, 6.45) is -1.93. The van der Waals surface area contributed by atoms with Crippen molar-refractivity contribution in [3.63, 3.8) is 0 Å². The van der Waals surface area contributed by atoms with Gasteiger partial charge in [-0.05, 0) is 12.1 Å². The largest absolute Gasteiger partial charge is 0.497 e. The highest BCUT2D eigenvalue weighted by Gasteiger charge is 2.38. The van der Waals surface area contributed by atoms with Crippen LogP contribution < -0.4 is 14.4 Å². The number of nitrogens with zero attached hydrogens (tertiary/aromatic N) is 4. The Labute approximate surface area is 177 Å². The zero-order valence-corrected chi connectivity index (χ0v) is 17.3. The lowest BCUT2D eigenvalue weighted by Crippen LogP contribution is -2.35. The predicted molar refractivity (Wildman–Crippen MR) is 105 cm³/mol. The second kappa shape index (κ2) is 8.86. The van der Waals surface area contributed by atoms with Crippen molar-refractivity contribution in [3.05, 3.63) is 36.4 Å². The van der Waals surface area contributed by atoms with Gasteiger partial charge in [-0.2, -0.15) is 13.2 Å². The molecule has 2 amide bonds. The van der Waals surface area contributed by atoms with Crippen LogP contribution in [0.1, 0.15) is 12.2 Å². The van der Waals surface area contributed by atoms with E-state index >= 15 is 0 Å². The summed E-state index contributed by atoms with van der Waals surface area (Å²) in [7, 11) is 4.46. The van der Waals surface area contributed by atoms with Crippen LogP contribution in [-0.4, -0.2) is 60.3 Å². The molecule has 1 aromatic heterocycles. The van der Waals surface area contributed by atoms with Crippen molar-refractivity contribution >= 4 is 17.5 Å². The van der Waals surface area contributed by atoms with E-state index in [1.807, 2.05) is 0 Å². The smallest absolute Gasteiger partial charge is 0.406 e. The number of aromatic nitrogens is 2. The Bertz CT molecular complexity index is 960. The van der Waals surface area contributed by atoms with E-state index in [0.29, 0.717) is 17.2 Å². The number of halogens is 3. The van der Waals surface area contributed by atoms with Gasteiger partial charge < -0.3 is 23.8 Å².